The molecule has 2 aromatic heterocycles. The topological polar surface area (TPSA) is 113 Å². The van der Waals surface area contributed by atoms with Crippen molar-refractivity contribution in [1.29, 1.82) is 5.26 Å². The Morgan fingerprint density at radius 2 is 1.97 bits per heavy atom. The number of rotatable bonds is 5. The van der Waals surface area contributed by atoms with Crippen molar-refractivity contribution in [3.8, 4) is 6.07 Å². The van der Waals surface area contributed by atoms with E-state index in [0.29, 0.717) is 28.1 Å². The van der Waals surface area contributed by atoms with E-state index >= 15 is 0 Å². The molecule has 7 nitrogen and oxygen atoms in total. The van der Waals surface area contributed by atoms with Gasteiger partial charge in [-0.25, -0.2) is 4.98 Å². The summed E-state index contributed by atoms with van der Waals surface area (Å²) in [6, 6.07) is 9.51. The van der Waals surface area contributed by atoms with Crippen molar-refractivity contribution in [2.75, 3.05) is 11.1 Å². The number of hydrogen-bond donors (Lipinski definition) is 2. The van der Waals surface area contributed by atoms with E-state index in [0.717, 1.165) is 41.2 Å². The van der Waals surface area contributed by atoms with Crippen LogP contribution in [0.1, 0.15) is 34.6 Å². The summed E-state index contributed by atoms with van der Waals surface area (Å²) in [4.78, 5) is 17.5. The van der Waals surface area contributed by atoms with Crippen LogP contribution in [0.15, 0.2) is 29.3 Å². The van der Waals surface area contributed by atoms with E-state index in [4.69, 9.17) is 22.3 Å². The molecule has 9 heteroatoms. The highest BCUT2D eigenvalue weighted by molar-refractivity contribution is 7.98. The van der Waals surface area contributed by atoms with E-state index in [1.165, 1.54) is 17.3 Å². The number of aryl methyl sites for hydroxylation is 1. The number of nitrogens with zero attached hydrogens (tertiary/aromatic N) is 5. The maximum Gasteiger partial charge on any atom is 0.232 e. The lowest BCUT2D eigenvalue weighted by molar-refractivity contribution is 0.890. The van der Waals surface area contributed by atoms with Crippen LogP contribution < -0.4 is 11.1 Å². The molecule has 146 valence electrons. The summed E-state index contributed by atoms with van der Waals surface area (Å²) < 4.78 is 0. The number of nitrogens with two attached hydrogens (primary N) is 1. The SMILES string of the molecule is Cc1c(C#N)c(SCc2nc(N)nc(Nc3ccc(Cl)cc3)n2)nc2c1CCC2. The summed E-state index contributed by atoms with van der Waals surface area (Å²) >= 11 is 7.36. The van der Waals surface area contributed by atoms with E-state index in [9.17, 15) is 5.26 Å². The summed E-state index contributed by atoms with van der Waals surface area (Å²) in [6.07, 6.45) is 3.05. The molecule has 1 aromatic carbocycles. The van der Waals surface area contributed by atoms with Gasteiger partial charge in [0.05, 0.1) is 11.3 Å². The van der Waals surface area contributed by atoms with Crippen molar-refractivity contribution >= 4 is 40.9 Å². The molecule has 1 aliphatic rings. The average Bonchev–Trinajstić information content (AvgIpc) is 3.17. The van der Waals surface area contributed by atoms with Gasteiger partial charge in [-0.3, -0.25) is 0 Å². The molecular weight excluding hydrogens is 406 g/mol. The molecule has 0 unspecified atom stereocenters. The lowest BCUT2D eigenvalue weighted by Gasteiger charge is -2.11. The summed E-state index contributed by atoms with van der Waals surface area (Å²) in [5, 5.41) is 14.1. The second-order valence-electron chi connectivity index (χ2n) is 6.66. The molecule has 4 rings (SSSR count). The lowest BCUT2D eigenvalue weighted by Crippen LogP contribution is -2.07. The van der Waals surface area contributed by atoms with Crippen LogP contribution in [0.2, 0.25) is 5.02 Å². The van der Waals surface area contributed by atoms with Gasteiger partial charge in [0, 0.05) is 16.4 Å². The predicted molar refractivity (Wildman–Crippen MR) is 114 cm³/mol. The number of nitriles is 1. The third-order valence-electron chi connectivity index (χ3n) is 4.72. The molecule has 0 fully saturated rings. The Kier molecular flexibility index (Phi) is 5.51. The standard InChI is InChI=1S/C20H18ClN7S/c1-11-14-3-2-4-16(14)25-18(15(11)9-22)29-10-17-26-19(23)28-20(27-17)24-13-7-5-12(21)6-8-13/h5-8H,2-4,10H2,1H3,(H3,23,24,26,27,28). The van der Waals surface area contributed by atoms with Gasteiger partial charge in [0.25, 0.3) is 0 Å². The zero-order valence-corrected chi connectivity index (χ0v) is 17.3. The van der Waals surface area contributed by atoms with E-state index in [-0.39, 0.29) is 5.95 Å². The fourth-order valence-electron chi connectivity index (χ4n) is 3.33. The van der Waals surface area contributed by atoms with Gasteiger partial charge in [-0.15, -0.1) is 0 Å². The maximum absolute atomic E-state index is 9.62. The van der Waals surface area contributed by atoms with E-state index < -0.39 is 0 Å². The van der Waals surface area contributed by atoms with Crippen molar-refractivity contribution in [2.45, 2.75) is 37.0 Å². The third-order valence-corrected chi connectivity index (χ3v) is 5.94. The summed E-state index contributed by atoms with van der Waals surface area (Å²) in [5.74, 6) is 1.43. The number of nitrogen functional groups attached to an aromatic ring is 1. The van der Waals surface area contributed by atoms with Crippen LogP contribution in [-0.2, 0) is 18.6 Å². The fourth-order valence-corrected chi connectivity index (χ4v) is 4.37. The minimum atomic E-state index is 0.130. The first-order valence-electron chi connectivity index (χ1n) is 9.11. The minimum Gasteiger partial charge on any atom is -0.368 e. The van der Waals surface area contributed by atoms with E-state index in [1.807, 2.05) is 19.1 Å². The van der Waals surface area contributed by atoms with Crippen molar-refractivity contribution in [2.24, 2.45) is 0 Å². The molecule has 0 bridgehead atoms. The van der Waals surface area contributed by atoms with Gasteiger partial charge in [-0.05, 0) is 61.6 Å². The van der Waals surface area contributed by atoms with Gasteiger partial charge >= 0.3 is 0 Å². The zero-order chi connectivity index (χ0) is 20.4. The Morgan fingerprint density at radius 3 is 2.72 bits per heavy atom. The monoisotopic (exact) mass is 423 g/mol. The first-order chi connectivity index (χ1) is 14.0. The fraction of sp³-hybridized carbons (Fsp3) is 0.250. The largest absolute Gasteiger partial charge is 0.368 e. The van der Waals surface area contributed by atoms with Crippen molar-refractivity contribution in [3.05, 3.63) is 57.5 Å². The normalized spacial score (nSPS) is 12.4. The number of hydrogen-bond acceptors (Lipinski definition) is 8. The number of nitrogens with one attached hydrogen (secondary N) is 1. The lowest BCUT2D eigenvalue weighted by atomic mass is 10.0. The molecule has 2 heterocycles. The van der Waals surface area contributed by atoms with Crippen molar-refractivity contribution < 1.29 is 0 Å². The van der Waals surface area contributed by atoms with Gasteiger partial charge in [-0.2, -0.15) is 20.2 Å². The molecule has 0 aliphatic heterocycles. The Bertz CT molecular complexity index is 1110. The average molecular weight is 424 g/mol. The molecule has 0 amide bonds. The predicted octanol–water partition coefficient (Wildman–Crippen LogP) is 4.21. The maximum atomic E-state index is 9.62. The minimum absolute atomic E-state index is 0.130. The van der Waals surface area contributed by atoms with Crippen LogP contribution >= 0.6 is 23.4 Å². The first-order valence-corrected chi connectivity index (χ1v) is 10.5. The van der Waals surface area contributed by atoms with Gasteiger partial charge in [-0.1, -0.05) is 23.4 Å². The highest BCUT2D eigenvalue weighted by Gasteiger charge is 2.21. The Balaban J connectivity index is 1.55. The summed E-state index contributed by atoms with van der Waals surface area (Å²) in [5.41, 5.74) is 10.7. The van der Waals surface area contributed by atoms with Crippen LogP contribution in [0, 0.1) is 18.3 Å². The smallest absolute Gasteiger partial charge is 0.232 e. The van der Waals surface area contributed by atoms with E-state index in [1.54, 1.807) is 12.1 Å². The highest BCUT2D eigenvalue weighted by Crippen LogP contribution is 2.32. The Hall–Kier alpha value is -2.89. The third kappa shape index (κ3) is 4.26. The Labute approximate surface area is 177 Å². The molecule has 0 atom stereocenters. The number of benzene rings is 1. The number of thioether (sulfide) groups is 1. The molecular formula is C20H18ClN7S. The van der Waals surface area contributed by atoms with Crippen molar-refractivity contribution in [1.82, 2.24) is 19.9 Å². The molecule has 0 radical (unpaired) electrons. The van der Waals surface area contributed by atoms with Crippen LogP contribution in [0.3, 0.4) is 0 Å². The first kappa shape index (κ1) is 19.4. The number of anilines is 3. The summed E-state index contributed by atoms with van der Waals surface area (Å²) in [6.45, 7) is 2.00. The van der Waals surface area contributed by atoms with Crippen molar-refractivity contribution in [3.63, 3.8) is 0 Å². The molecule has 0 spiro atoms. The summed E-state index contributed by atoms with van der Waals surface area (Å²) in [7, 11) is 0. The van der Waals surface area contributed by atoms with Gasteiger partial charge in [0.1, 0.15) is 16.9 Å². The van der Waals surface area contributed by atoms with Crippen LogP contribution in [0.5, 0.6) is 0 Å². The van der Waals surface area contributed by atoms with Crippen LogP contribution in [0.25, 0.3) is 0 Å². The highest BCUT2D eigenvalue weighted by atomic mass is 35.5. The van der Waals surface area contributed by atoms with Gasteiger partial charge in [0.15, 0.2) is 0 Å². The van der Waals surface area contributed by atoms with Crippen LogP contribution in [0.4, 0.5) is 17.6 Å². The Morgan fingerprint density at radius 1 is 1.17 bits per heavy atom. The molecule has 29 heavy (non-hydrogen) atoms. The molecule has 0 saturated carbocycles. The second kappa shape index (κ2) is 8.23. The van der Waals surface area contributed by atoms with Gasteiger partial charge in [0.2, 0.25) is 11.9 Å². The van der Waals surface area contributed by atoms with E-state index in [2.05, 4.69) is 26.3 Å². The quantitative estimate of drug-likeness (QED) is 0.586. The number of pyridine rings is 1. The number of aromatic nitrogens is 4. The zero-order valence-electron chi connectivity index (χ0n) is 15.7. The van der Waals surface area contributed by atoms with Crippen LogP contribution in [-0.4, -0.2) is 19.9 Å². The second-order valence-corrected chi connectivity index (χ2v) is 8.06. The van der Waals surface area contributed by atoms with Gasteiger partial charge < -0.3 is 11.1 Å². The molecule has 3 aromatic rings. The molecule has 1 aliphatic carbocycles. The number of halogens is 1. The molecule has 0 saturated heterocycles. The number of fused-ring (bicyclic) bond motifs is 1. The molecule has 3 N–H and O–H groups in total.